The van der Waals surface area contributed by atoms with Crippen LogP contribution in [0.4, 0.5) is 0 Å². The Balaban J connectivity index is 1.95. The Kier molecular flexibility index (Phi) is 3.27. The maximum atomic E-state index is 12.3. The van der Waals surface area contributed by atoms with Crippen LogP contribution in [0.1, 0.15) is 16.3 Å². The monoisotopic (exact) mass is 284 g/mol. The summed E-state index contributed by atoms with van der Waals surface area (Å²) in [5.74, 6) is 0.00156. The van der Waals surface area contributed by atoms with E-state index in [2.05, 4.69) is 9.84 Å². The molecule has 1 aromatic carbocycles. The summed E-state index contributed by atoms with van der Waals surface area (Å²) >= 11 is 0. The van der Waals surface area contributed by atoms with Gasteiger partial charge in [-0.15, -0.1) is 0 Å². The van der Waals surface area contributed by atoms with Crippen LogP contribution in [0, 0.1) is 0 Å². The second kappa shape index (κ2) is 5.24. The number of furan rings is 1. The summed E-state index contributed by atoms with van der Waals surface area (Å²) in [7, 11) is 1.28. The van der Waals surface area contributed by atoms with Gasteiger partial charge in [0, 0.05) is 5.39 Å². The van der Waals surface area contributed by atoms with Crippen molar-refractivity contribution in [1.29, 1.82) is 0 Å². The van der Waals surface area contributed by atoms with E-state index >= 15 is 0 Å². The Labute approximate surface area is 119 Å². The predicted octanol–water partition coefficient (Wildman–Crippen LogP) is 1.82. The quantitative estimate of drug-likeness (QED) is 0.686. The van der Waals surface area contributed by atoms with Gasteiger partial charge in [-0.3, -0.25) is 4.79 Å². The molecule has 0 radical (unpaired) electrons. The van der Waals surface area contributed by atoms with Crippen molar-refractivity contribution < 1.29 is 13.9 Å². The van der Waals surface area contributed by atoms with Gasteiger partial charge in [-0.1, -0.05) is 18.2 Å². The molecule has 0 spiro atoms. The van der Waals surface area contributed by atoms with Crippen LogP contribution in [0.15, 0.2) is 51.8 Å². The molecule has 2 heterocycles. The summed E-state index contributed by atoms with van der Waals surface area (Å²) in [4.78, 5) is 23.6. The fourth-order valence-corrected chi connectivity index (χ4v) is 2.06. The summed E-state index contributed by atoms with van der Waals surface area (Å²) < 4.78 is 11.2. The van der Waals surface area contributed by atoms with Gasteiger partial charge in [-0.05, 0) is 18.2 Å². The van der Waals surface area contributed by atoms with Crippen LogP contribution in [-0.2, 0) is 11.3 Å². The van der Waals surface area contributed by atoms with Gasteiger partial charge in [-0.25, -0.2) is 9.48 Å². The minimum atomic E-state index is -0.555. The maximum Gasteiger partial charge on any atom is 0.373 e. The molecule has 106 valence electrons. The van der Waals surface area contributed by atoms with Crippen molar-refractivity contribution in [2.75, 3.05) is 7.11 Å². The van der Waals surface area contributed by atoms with E-state index < -0.39 is 5.97 Å². The number of rotatable bonds is 3. The molecule has 0 amide bonds. The first kappa shape index (κ1) is 13.1. The van der Waals surface area contributed by atoms with Crippen molar-refractivity contribution in [3.63, 3.8) is 0 Å². The highest BCUT2D eigenvalue weighted by molar-refractivity contribution is 5.86. The van der Waals surface area contributed by atoms with E-state index in [-0.39, 0.29) is 17.9 Å². The van der Waals surface area contributed by atoms with Crippen molar-refractivity contribution in [1.82, 2.24) is 9.78 Å². The normalized spacial score (nSPS) is 10.7. The van der Waals surface area contributed by atoms with E-state index in [1.807, 2.05) is 12.1 Å². The third-order valence-corrected chi connectivity index (χ3v) is 3.12. The first-order valence-corrected chi connectivity index (χ1v) is 6.31. The topological polar surface area (TPSA) is 74.3 Å². The number of esters is 1. The Morgan fingerprint density at radius 2 is 2.10 bits per heavy atom. The second-order valence-corrected chi connectivity index (χ2v) is 4.45. The minimum Gasteiger partial charge on any atom is -0.463 e. The molecule has 21 heavy (non-hydrogen) atoms. The Morgan fingerprint density at radius 3 is 2.90 bits per heavy atom. The number of benzene rings is 1. The lowest BCUT2D eigenvalue weighted by Gasteiger charge is -2.03. The molecular formula is C15H12N2O4. The maximum absolute atomic E-state index is 12.3. The van der Waals surface area contributed by atoms with Crippen molar-refractivity contribution in [2.24, 2.45) is 0 Å². The van der Waals surface area contributed by atoms with Crippen molar-refractivity contribution in [3.05, 3.63) is 64.5 Å². The number of ether oxygens (including phenoxy) is 1. The Bertz CT molecular complexity index is 863. The second-order valence-electron chi connectivity index (χ2n) is 4.45. The van der Waals surface area contributed by atoms with Crippen LogP contribution in [-0.4, -0.2) is 22.9 Å². The SMILES string of the molecule is COC(=O)c1ccc(Cn2ncc3ccccc3c2=O)o1. The zero-order valence-corrected chi connectivity index (χ0v) is 11.3. The summed E-state index contributed by atoms with van der Waals surface area (Å²) in [5.41, 5.74) is -0.205. The summed E-state index contributed by atoms with van der Waals surface area (Å²) in [6.45, 7) is 0.153. The van der Waals surface area contributed by atoms with Crippen LogP contribution in [0.2, 0.25) is 0 Å². The van der Waals surface area contributed by atoms with Crippen LogP contribution in [0.5, 0.6) is 0 Å². The molecule has 0 atom stereocenters. The van der Waals surface area contributed by atoms with E-state index in [0.717, 1.165) is 5.39 Å². The molecular weight excluding hydrogens is 272 g/mol. The largest absolute Gasteiger partial charge is 0.463 e. The fourth-order valence-electron chi connectivity index (χ4n) is 2.06. The molecule has 0 aliphatic carbocycles. The van der Waals surface area contributed by atoms with Gasteiger partial charge < -0.3 is 9.15 Å². The van der Waals surface area contributed by atoms with Crippen LogP contribution in [0.3, 0.4) is 0 Å². The number of nitrogens with zero attached hydrogens (tertiary/aromatic N) is 2. The van der Waals surface area contributed by atoms with Crippen molar-refractivity contribution in [3.8, 4) is 0 Å². The fraction of sp³-hybridized carbons (Fsp3) is 0.133. The predicted molar refractivity (Wildman–Crippen MR) is 75.2 cm³/mol. The molecule has 2 aromatic heterocycles. The molecule has 6 heteroatoms. The summed E-state index contributed by atoms with van der Waals surface area (Å²) in [6, 6.07) is 10.4. The van der Waals surface area contributed by atoms with E-state index in [9.17, 15) is 9.59 Å². The summed E-state index contributed by atoms with van der Waals surface area (Å²) in [5, 5.41) is 5.48. The minimum absolute atomic E-state index is 0.0985. The third-order valence-electron chi connectivity index (χ3n) is 3.12. The van der Waals surface area contributed by atoms with Gasteiger partial charge in [-0.2, -0.15) is 5.10 Å². The lowest BCUT2D eigenvalue weighted by atomic mass is 10.2. The number of carbonyl (C=O) groups excluding carboxylic acids is 1. The standard InChI is InChI=1S/C15H12N2O4/c1-20-15(19)13-7-6-11(21-13)9-17-14(18)12-5-3-2-4-10(12)8-16-17/h2-8H,9H2,1H3. The molecule has 0 saturated carbocycles. The lowest BCUT2D eigenvalue weighted by Crippen LogP contribution is -2.23. The molecule has 3 rings (SSSR count). The number of fused-ring (bicyclic) bond motifs is 1. The zero-order chi connectivity index (χ0) is 14.8. The van der Waals surface area contributed by atoms with Gasteiger partial charge in [0.05, 0.1) is 18.7 Å². The number of hydrogen-bond acceptors (Lipinski definition) is 5. The van der Waals surface area contributed by atoms with Gasteiger partial charge in [0.2, 0.25) is 5.76 Å². The summed E-state index contributed by atoms with van der Waals surface area (Å²) in [6.07, 6.45) is 1.63. The van der Waals surface area contributed by atoms with Crippen LogP contribution in [0.25, 0.3) is 10.8 Å². The average Bonchev–Trinajstić information content (AvgIpc) is 2.98. The van der Waals surface area contributed by atoms with Gasteiger partial charge in [0.25, 0.3) is 5.56 Å². The van der Waals surface area contributed by atoms with Gasteiger partial charge >= 0.3 is 5.97 Å². The highest BCUT2D eigenvalue weighted by Gasteiger charge is 2.12. The number of carbonyl (C=O) groups is 1. The van der Waals surface area contributed by atoms with Crippen LogP contribution < -0.4 is 5.56 Å². The number of hydrogen-bond donors (Lipinski definition) is 0. The highest BCUT2D eigenvalue weighted by Crippen LogP contribution is 2.11. The number of aromatic nitrogens is 2. The van der Waals surface area contributed by atoms with Gasteiger partial charge in [0.1, 0.15) is 12.3 Å². The third kappa shape index (κ3) is 2.43. The molecule has 0 fully saturated rings. The smallest absolute Gasteiger partial charge is 0.373 e. The average molecular weight is 284 g/mol. The van der Waals surface area contributed by atoms with Crippen LogP contribution >= 0.6 is 0 Å². The lowest BCUT2D eigenvalue weighted by molar-refractivity contribution is 0.0562. The molecule has 0 bridgehead atoms. The van der Waals surface area contributed by atoms with E-state index in [1.54, 1.807) is 24.4 Å². The molecule has 0 N–H and O–H groups in total. The Hall–Kier alpha value is -2.89. The molecule has 0 aliphatic heterocycles. The Morgan fingerprint density at radius 1 is 1.29 bits per heavy atom. The van der Waals surface area contributed by atoms with Crippen molar-refractivity contribution in [2.45, 2.75) is 6.54 Å². The molecule has 0 aliphatic rings. The molecule has 6 nitrogen and oxygen atoms in total. The molecule has 3 aromatic rings. The highest BCUT2D eigenvalue weighted by atomic mass is 16.5. The van der Waals surface area contributed by atoms with E-state index in [0.29, 0.717) is 11.1 Å². The first-order valence-electron chi connectivity index (χ1n) is 6.31. The first-order chi connectivity index (χ1) is 10.2. The number of methoxy groups -OCH3 is 1. The van der Waals surface area contributed by atoms with E-state index in [1.165, 1.54) is 17.9 Å². The van der Waals surface area contributed by atoms with Crippen molar-refractivity contribution >= 4 is 16.7 Å². The van der Waals surface area contributed by atoms with E-state index in [4.69, 9.17) is 4.42 Å². The molecule has 0 saturated heterocycles. The molecule has 0 unspecified atom stereocenters. The zero-order valence-electron chi connectivity index (χ0n) is 11.3. The van der Waals surface area contributed by atoms with Gasteiger partial charge in [0.15, 0.2) is 0 Å².